The molecule has 6 rings (SSSR count). The van der Waals surface area contributed by atoms with Gasteiger partial charge in [-0.2, -0.15) is 0 Å². The van der Waals surface area contributed by atoms with Gasteiger partial charge < -0.3 is 4.74 Å². The van der Waals surface area contributed by atoms with E-state index in [9.17, 15) is 4.79 Å². The number of aromatic nitrogens is 3. The van der Waals surface area contributed by atoms with Crippen molar-refractivity contribution < 1.29 is 9.53 Å². The fraction of sp³-hybridized carbons (Fsp3) is 0.775. The maximum Gasteiger partial charge on any atom is 0.331 e. The highest BCUT2D eigenvalue weighted by atomic mass is 16.6. The van der Waals surface area contributed by atoms with Crippen LogP contribution in [-0.4, -0.2) is 26.6 Å². The van der Waals surface area contributed by atoms with Crippen LogP contribution in [0.1, 0.15) is 136 Å². The van der Waals surface area contributed by atoms with E-state index in [4.69, 9.17) is 15.0 Å². The van der Waals surface area contributed by atoms with Gasteiger partial charge in [0.05, 0.1) is 11.4 Å². The highest BCUT2D eigenvalue weighted by molar-refractivity contribution is 5.75. The Morgan fingerprint density at radius 2 is 1.71 bits per heavy atom. The SMILES string of the molecule is CC(C)CCC[C@@H](C)[C@H]1CC[C@H]2[C@@H]3CC[C@H]4Cc5c(nnn5C(Cc5ccccc5)C(=O)OC(C)(C)C)C[C@]4(C)[C@H]3CC[C@]12C. The molecular weight excluding hydrogens is 554 g/mol. The Kier molecular flexibility index (Phi) is 9.07. The smallest absolute Gasteiger partial charge is 0.331 e. The van der Waals surface area contributed by atoms with Gasteiger partial charge in [0, 0.05) is 6.42 Å². The molecule has 0 amide bonds. The summed E-state index contributed by atoms with van der Waals surface area (Å²) >= 11 is 0. The van der Waals surface area contributed by atoms with E-state index in [1.165, 1.54) is 63.5 Å². The van der Waals surface area contributed by atoms with Gasteiger partial charge in [0.2, 0.25) is 0 Å². The van der Waals surface area contributed by atoms with Crippen LogP contribution in [0.15, 0.2) is 30.3 Å². The number of carbonyl (C=O) groups excluding carboxylic acids is 1. The van der Waals surface area contributed by atoms with Crippen LogP contribution in [0, 0.1) is 52.3 Å². The first-order chi connectivity index (χ1) is 21.3. The fourth-order valence-corrected chi connectivity index (χ4v) is 11.2. The minimum Gasteiger partial charge on any atom is -0.458 e. The number of rotatable bonds is 9. The summed E-state index contributed by atoms with van der Waals surface area (Å²) in [7, 11) is 0. The van der Waals surface area contributed by atoms with Crippen molar-refractivity contribution in [1.29, 1.82) is 0 Å². The van der Waals surface area contributed by atoms with Crippen molar-refractivity contribution in [2.24, 2.45) is 52.3 Å². The molecule has 4 aliphatic rings. The zero-order chi connectivity index (χ0) is 32.1. The van der Waals surface area contributed by atoms with E-state index < -0.39 is 11.6 Å². The molecule has 248 valence electrons. The second kappa shape index (κ2) is 12.5. The lowest BCUT2D eigenvalue weighted by atomic mass is 9.44. The summed E-state index contributed by atoms with van der Waals surface area (Å²) in [5.74, 6) is 5.48. The van der Waals surface area contributed by atoms with Gasteiger partial charge in [0.1, 0.15) is 5.60 Å². The van der Waals surface area contributed by atoms with Gasteiger partial charge in [0.25, 0.3) is 0 Å². The minimum atomic E-state index is -0.551. The van der Waals surface area contributed by atoms with Gasteiger partial charge in [-0.3, -0.25) is 0 Å². The van der Waals surface area contributed by atoms with Crippen molar-refractivity contribution in [1.82, 2.24) is 15.0 Å². The molecular formula is C40H61N3O2. The highest BCUT2D eigenvalue weighted by Gasteiger charge is 2.61. The molecule has 1 unspecified atom stereocenters. The van der Waals surface area contributed by atoms with Gasteiger partial charge in [-0.15, -0.1) is 5.10 Å². The number of hydrogen-bond acceptors (Lipinski definition) is 4. The van der Waals surface area contributed by atoms with Crippen LogP contribution in [0.3, 0.4) is 0 Å². The number of benzene rings is 1. The van der Waals surface area contributed by atoms with Crippen molar-refractivity contribution >= 4 is 5.97 Å². The first kappa shape index (κ1) is 32.8. The molecule has 0 radical (unpaired) electrons. The molecule has 3 fully saturated rings. The van der Waals surface area contributed by atoms with Gasteiger partial charge >= 0.3 is 5.97 Å². The van der Waals surface area contributed by atoms with Crippen LogP contribution in [0.4, 0.5) is 0 Å². The zero-order valence-electron chi connectivity index (χ0n) is 29.6. The van der Waals surface area contributed by atoms with Crippen LogP contribution in [0.5, 0.6) is 0 Å². The largest absolute Gasteiger partial charge is 0.458 e. The second-order valence-corrected chi connectivity index (χ2v) is 17.7. The molecule has 5 nitrogen and oxygen atoms in total. The van der Waals surface area contributed by atoms with E-state index in [1.807, 2.05) is 43.7 Å². The lowest BCUT2D eigenvalue weighted by Crippen LogP contribution is -2.54. The Morgan fingerprint density at radius 1 is 0.978 bits per heavy atom. The van der Waals surface area contributed by atoms with Crippen molar-refractivity contribution in [3.8, 4) is 0 Å². The number of carbonyl (C=O) groups is 1. The predicted molar refractivity (Wildman–Crippen MR) is 182 cm³/mol. The van der Waals surface area contributed by atoms with Crippen molar-refractivity contribution in [2.45, 2.75) is 144 Å². The first-order valence-electron chi connectivity index (χ1n) is 18.5. The molecule has 1 heterocycles. The Hall–Kier alpha value is -2.17. The van der Waals surface area contributed by atoms with Gasteiger partial charge in [0.15, 0.2) is 6.04 Å². The second-order valence-electron chi connectivity index (χ2n) is 17.7. The maximum absolute atomic E-state index is 13.7. The lowest BCUT2D eigenvalue weighted by Gasteiger charge is -2.60. The van der Waals surface area contributed by atoms with Crippen molar-refractivity contribution in [3.63, 3.8) is 0 Å². The summed E-state index contributed by atoms with van der Waals surface area (Å²) in [6.45, 7) is 18.5. The summed E-state index contributed by atoms with van der Waals surface area (Å²) in [5.41, 5.74) is 3.66. The number of nitrogens with zero attached hydrogens (tertiary/aromatic N) is 3. The molecule has 4 aliphatic carbocycles. The molecule has 5 heteroatoms. The molecule has 9 atom stereocenters. The number of hydrogen-bond donors (Lipinski definition) is 0. The fourth-order valence-electron chi connectivity index (χ4n) is 11.2. The summed E-state index contributed by atoms with van der Waals surface area (Å²) in [6, 6.07) is 9.78. The average molecular weight is 616 g/mol. The van der Waals surface area contributed by atoms with Gasteiger partial charge in [-0.25, -0.2) is 9.48 Å². The molecule has 1 aromatic heterocycles. The Morgan fingerprint density at radius 3 is 2.42 bits per heavy atom. The van der Waals surface area contributed by atoms with Crippen LogP contribution >= 0.6 is 0 Å². The van der Waals surface area contributed by atoms with Gasteiger partial charge in [-0.1, -0.05) is 89.4 Å². The Bertz CT molecular complexity index is 1330. The van der Waals surface area contributed by atoms with Crippen molar-refractivity contribution in [3.05, 3.63) is 47.3 Å². The molecule has 0 N–H and O–H groups in total. The number of ether oxygens (including phenoxy) is 1. The number of fused-ring (bicyclic) bond motifs is 6. The monoisotopic (exact) mass is 615 g/mol. The molecule has 2 aromatic rings. The summed E-state index contributed by atoms with van der Waals surface area (Å²) < 4.78 is 7.92. The van der Waals surface area contributed by atoms with Crippen LogP contribution in [0.2, 0.25) is 0 Å². The van der Waals surface area contributed by atoms with E-state index in [2.05, 4.69) is 46.8 Å². The Labute approximate surface area is 273 Å². The van der Waals surface area contributed by atoms with E-state index >= 15 is 0 Å². The molecule has 3 saturated carbocycles. The Balaban J connectivity index is 1.22. The highest BCUT2D eigenvalue weighted by Crippen LogP contribution is 2.68. The van der Waals surface area contributed by atoms with Crippen molar-refractivity contribution in [2.75, 3.05) is 0 Å². The third-order valence-electron chi connectivity index (χ3n) is 13.4. The van der Waals surface area contributed by atoms with Gasteiger partial charge in [-0.05, 0) is 130 Å². The molecule has 0 aliphatic heterocycles. The zero-order valence-corrected chi connectivity index (χ0v) is 29.6. The molecule has 0 bridgehead atoms. The van der Waals surface area contributed by atoms with E-state index in [0.717, 1.165) is 59.6 Å². The minimum absolute atomic E-state index is 0.211. The van der Waals surface area contributed by atoms with E-state index in [1.54, 1.807) is 0 Å². The first-order valence-corrected chi connectivity index (χ1v) is 18.5. The summed E-state index contributed by atoms with van der Waals surface area (Å²) in [4.78, 5) is 13.7. The third-order valence-corrected chi connectivity index (χ3v) is 13.4. The topological polar surface area (TPSA) is 57.0 Å². The molecule has 1 aromatic carbocycles. The summed E-state index contributed by atoms with van der Waals surface area (Å²) in [6.07, 6.45) is 15.0. The average Bonchev–Trinajstić information content (AvgIpc) is 3.53. The van der Waals surface area contributed by atoms with Crippen LogP contribution in [0.25, 0.3) is 0 Å². The molecule has 0 saturated heterocycles. The quantitative estimate of drug-likeness (QED) is 0.264. The number of esters is 1. The maximum atomic E-state index is 13.7. The van der Waals surface area contributed by atoms with E-state index in [0.29, 0.717) is 17.8 Å². The standard InChI is InChI=1S/C40H61N3O2/c1-26(2)13-12-14-27(3)31-19-20-32-30-18-17-29-24-35-34(25-40(29,8)33(30)21-22-39(31,32)7)41-42-43(35)36(37(44)45-38(4,5)6)23-28-15-10-9-11-16-28/h9-11,15-16,26-27,29-33,36H,12-14,17-25H2,1-8H3/t27-,29+,30+,31-,32+,33+,36?,39-,40+/m1/s1. The summed E-state index contributed by atoms with van der Waals surface area (Å²) in [5, 5.41) is 9.57. The van der Waals surface area contributed by atoms with Crippen LogP contribution < -0.4 is 0 Å². The normalized spacial score (nSPS) is 33.9. The van der Waals surface area contributed by atoms with E-state index in [-0.39, 0.29) is 11.4 Å². The lowest BCUT2D eigenvalue weighted by molar-refractivity contribution is -0.159. The molecule has 45 heavy (non-hydrogen) atoms. The molecule has 0 spiro atoms. The van der Waals surface area contributed by atoms with Crippen LogP contribution in [-0.2, 0) is 28.8 Å². The third kappa shape index (κ3) is 6.28. The predicted octanol–water partition coefficient (Wildman–Crippen LogP) is 9.44.